The summed E-state index contributed by atoms with van der Waals surface area (Å²) in [4.78, 5) is 26.8. The van der Waals surface area contributed by atoms with Crippen LogP contribution in [-0.4, -0.2) is 34.0 Å². The molecule has 5 rings (SSSR count). The first-order chi connectivity index (χ1) is 17.2. The van der Waals surface area contributed by atoms with Gasteiger partial charge in [-0.3, -0.25) is 13.9 Å². The van der Waals surface area contributed by atoms with Gasteiger partial charge in [0.25, 0.3) is 5.56 Å². The maximum absolute atomic E-state index is 13.7. The zero-order chi connectivity index (χ0) is 25.8. The number of fused-ring (bicyclic) bond motifs is 3. The fourth-order valence-electron chi connectivity index (χ4n) is 5.24. The predicted molar refractivity (Wildman–Crippen MR) is 139 cm³/mol. The molecule has 1 aliphatic heterocycles. The molecule has 0 fully saturated rings. The van der Waals surface area contributed by atoms with E-state index in [1.807, 2.05) is 55.5 Å². The van der Waals surface area contributed by atoms with Gasteiger partial charge in [-0.25, -0.2) is 4.79 Å². The van der Waals surface area contributed by atoms with Crippen LogP contribution in [0.4, 0.5) is 0 Å². The summed E-state index contributed by atoms with van der Waals surface area (Å²) in [7, 11) is 4.84. The second kappa shape index (κ2) is 8.71. The van der Waals surface area contributed by atoms with E-state index in [0.717, 1.165) is 28.3 Å². The van der Waals surface area contributed by atoms with Crippen molar-refractivity contribution in [3.63, 3.8) is 0 Å². The highest BCUT2D eigenvalue weighted by Gasteiger charge is 2.41. The number of rotatable bonds is 5. The van der Waals surface area contributed by atoms with Crippen LogP contribution in [0.15, 0.2) is 58.1 Å². The molecule has 0 saturated carbocycles. The van der Waals surface area contributed by atoms with Crippen molar-refractivity contribution in [1.29, 1.82) is 0 Å². The second-order valence-electron chi connectivity index (χ2n) is 9.70. The lowest BCUT2D eigenvalue weighted by atomic mass is 9.97. The van der Waals surface area contributed by atoms with E-state index in [1.165, 1.54) is 11.6 Å². The van der Waals surface area contributed by atoms with E-state index in [2.05, 4.69) is 18.4 Å². The fourth-order valence-corrected chi connectivity index (χ4v) is 5.24. The Labute approximate surface area is 209 Å². The van der Waals surface area contributed by atoms with Gasteiger partial charge in [0.2, 0.25) is 0 Å². The van der Waals surface area contributed by atoms with Crippen LogP contribution in [0, 0.1) is 0 Å². The molecule has 0 radical (unpaired) electrons. The van der Waals surface area contributed by atoms with Gasteiger partial charge in [0.05, 0.1) is 48.2 Å². The van der Waals surface area contributed by atoms with Gasteiger partial charge in [-0.05, 0) is 56.7 Å². The highest BCUT2D eigenvalue weighted by atomic mass is 16.5. The third-order valence-corrected chi connectivity index (χ3v) is 6.93. The van der Waals surface area contributed by atoms with Crippen molar-refractivity contribution in [3.8, 4) is 22.8 Å². The summed E-state index contributed by atoms with van der Waals surface area (Å²) in [6.45, 7) is 7.01. The standard InChI is InChI=1S/C28H31N3O5/c1-7-35-20-11-9-8-10-19(20)25-24-23-21(26(32)30(5)27(33)29(23)4)22(31(24)28(2,3)16-36-25)17-12-14-18(34-6)15-13-17/h8-15,25H,7,16H2,1-6H3/t25-/m0/s1. The molecule has 3 heterocycles. The highest BCUT2D eigenvalue weighted by molar-refractivity contribution is 5.97. The second-order valence-corrected chi connectivity index (χ2v) is 9.70. The Morgan fingerprint density at radius 1 is 1.03 bits per heavy atom. The SMILES string of the molecule is CCOc1ccccc1[C@@H]1OCC(C)(C)n2c(-c3ccc(OC)cc3)c3c(=O)n(C)c(=O)n(C)c3c21. The Morgan fingerprint density at radius 3 is 2.39 bits per heavy atom. The molecule has 0 spiro atoms. The molecule has 0 bridgehead atoms. The Kier molecular flexibility index (Phi) is 5.79. The molecule has 0 N–H and O–H groups in total. The molecule has 188 valence electrons. The third-order valence-electron chi connectivity index (χ3n) is 6.93. The van der Waals surface area contributed by atoms with E-state index in [-0.39, 0.29) is 11.2 Å². The number of benzene rings is 2. The maximum Gasteiger partial charge on any atom is 0.331 e. The van der Waals surface area contributed by atoms with Crippen LogP contribution < -0.4 is 20.7 Å². The van der Waals surface area contributed by atoms with Crippen LogP contribution in [0.1, 0.15) is 38.1 Å². The van der Waals surface area contributed by atoms with E-state index in [4.69, 9.17) is 14.2 Å². The average molecular weight is 490 g/mol. The summed E-state index contributed by atoms with van der Waals surface area (Å²) >= 11 is 0. The summed E-state index contributed by atoms with van der Waals surface area (Å²) in [6.07, 6.45) is -0.534. The molecule has 0 amide bonds. The summed E-state index contributed by atoms with van der Waals surface area (Å²) < 4.78 is 22.7. The first-order valence-electron chi connectivity index (χ1n) is 12.0. The number of methoxy groups -OCH3 is 1. The van der Waals surface area contributed by atoms with E-state index < -0.39 is 11.6 Å². The van der Waals surface area contributed by atoms with Gasteiger partial charge in [0.15, 0.2) is 0 Å². The molecule has 0 unspecified atom stereocenters. The van der Waals surface area contributed by atoms with Crippen LogP contribution >= 0.6 is 0 Å². The molecular weight excluding hydrogens is 458 g/mol. The predicted octanol–water partition coefficient (Wildman–Crippen LogP) is 3.97. The highest BCUT2D eigenvalue weighted by Crippen LogP contribution is 2.47. The van der Waals surface area contributed by atoms with Crippen molar-refractivity contribution in [1.82, 2.24) is 13.7 Å². The lowest BCUT2D eigenvalue weighted by Gasteiger charge is -2.39. The minimum Gasteiger partial charge on any atom is -0.497 e. The molecule has 2 aromatic carbocycles. The van der Waals surface area contributed by atoms with Gasteiger partial charge in [-0.2, -0.15) is 0 Å². The first kappa shape index (κ1) is 23.9. The van der Waals surface area contributed by atoms with E-state index in [1.54, 1.807) is 18.7 Å². The molecule has 8 nitrogen and oxygen atoms in total. The number of ether oxygens (including phenoxy) is 3. The number of aromatic nitrogens is 3. The Balaban J connectivity index is 1.96. The Hall–Kier alpha value is -3.78. The zero-order valence-electron chi connectivity index (χ0n) is 21.5. The fraction of sp³-hybridized carbons (Fsp3) is 0.357. The van der Waals surface area contributed by atoms with Crippen molar-refractivity contribution in [2.45, 2.75) is 32.4 Å². The van der Waals surface area contributed by atoms with Crippen molar-refractivity contribution in [3.05, 3.63) is 80.6 Å². The lowest BCUT2D eigenvalue weighted by molar-refractivity contribution is -0.00816. The van der Waals surface area contributed by atoms with Crippen LogP contribution in [0.5, 0.6) is 11.5 Å². The number of hydrogen-bond acceptors (Lipinski definition) is 5. The molecular formula is C28H31N3O5. The quantitative estimate of drug-likeness (QED) is 0.424. The number of aryl methyl sites for hydroxylation is 1. The van der Waals surface area contributed by atoms with Gasteiger partial charge < -0.3 is 18.8 Å². The molecule has 36 heavy (non-hydrogen) atoms. The van der Waals surface area contributed by atoms with Crippen molar-refractivity contribution in [2.75, 3.05) is 20.3 Å². The topological polar surface area (TPSA) is 76.6 Å². The molecule has 0 saturated heterocycles. The van der Waals surface area contributed by atoms with Gasteiger partial charge in [-0.1, -0.05) is 18.2 Å². The number of nitrogens with zero attached hydrogens (tertiary/aromatic N) is 3. The van der Waals surface area contributed by atoms with Crippen molar-refractivity contribution >= 4 is 10.9 Å². The molecule has 1 aliphatic rings. The van der Waals surface area contributed by atoms with Gasteiger partial charge in [-0.15, -0.1) is 0 Å². The average Bonchev–Trinajstić information content (AvgIpc) is 3.25. The Bertz CT molecular complexity index is 1570. The smallest absolute Gasteiger partial charge is 0.331 e. The molecule has 4 aromatic rings. The van der Waals surface area contributed by atoms with Gasteiger partial charge >= 0.3 is 5.69 Å². The zero-order valence-corrected chi connectivity index (χ0v) is 21.5. The van der Waals surface area contributed by atoms with Gasteiger partial charge in [0, 0.05) is 19.7 Å². The summed E-state index contributed by atoms with van der Waals surface area (Å²) in [5.41, 5.74) is 2.57. The molecule has 2 aromatic heterocycles. The van der Waals surface area contributed by atoms with Crippen LogP contribution in [0.25, 0.3) is 22.2 Å². The lowest BCUT2D eigenvalue weighted by Crippen LogP contribution is -2.40. The normalized spacial score (nSPS) is 16.7. The van der Waals surface area contributed by atoms with Crippen molar-refractivity contribution in [2.24, 2.45) is 14.1 Å². The summed E-state index contributed by atoms with van der Waals surface area (Å²) in [5.74, 6) is 1.44. The summed E-state index contributed by atoms with van der Waals surface area (Å²) in [5, 5.41) is 0.484. The van der Waals surface area contributed by atoms with Crippen LogP contribution in [0.2, 0.25) is 0 Å². The van der Waals surface area contributed by atoms with E-state index in [9.17, 15) is 9.59 Å². The molecule has 1 atom stereocenters. The minimum absolute atomic E-state index is 0.339. The van der Waals surface area contributed by atoms with Crippen LogP contribution in [-0.2, 0) is 24.4 Å². The third kappa shape index (κ3) is 3.47. The largest absolute Gasteiger partial charge is 0.497 e. The van der Waals surface area contributed by atoms with Crippen molar-refractivity contribution < 1.29 is 14.2 Å². The number of para-hydroxylation sites is 1. The van der Waals surface area contributed by atoms with Gasteiger partial charge in [0.1, 0.15) is 17.6 Å². The maximum atomic E-state index is 13.7. The summed E-state index contributed by atoms with van der Waals surface area (Å²) in [6, 6.07) is 15.4. The first-order valence-corrected chi connectivity index (χ1v) is 12.0. The van der Waals surface area contributed by atoms with Crippen LogP contribution in [0.3, 0.4) is 0 Å². The number of hydrogen-bond donors (Lipinski definition) is 0. The monoisotopic (exact) mass is 489 g/mol. The molecule has 0 aliphatic carbocycles. The van der Waals surface area contributed by atoms with E-state index in [0.29, 0.717) is 29.9 Å². The molecule has 8 heteroatoms. The Morgan fingerprint density at radius 2 is 1.72 bits per heavy atom. The minimum atomic E-state index is -0.534. The van der Waals surface area contributed by atoms with E-state index >= 15 is 0 Å².